The summed E-state index contributed by atoms with van der Waals surface area (Å²) in [7, 11) is 3.07. The van der Waals surface area contributed by atoms with Crippen molar-refractivity contribution in [2.24, 2.45) is 0 Å². The van der Waals surface area contributed by atoms with E-state index in [-0.39, 0.29) is 6.10 Å². The molecule has 1 aromatic carbocycles. The summed E-state index contributed by atoms with van der Waals surface area (Å²) in [6.45, 7) is 5.97. The van der Waals surface area contributed by atoms with Gasteiger partial charge in [-0.25, -0.2) is 4.98 Å². The summed E-state index contributed by atoms with van der Waals surface area (Å²) in [6.07, 6.45) is 2.59. The van der Waals surface area contributed by atoms with Gasteiger partial charge in [-0.1, -0.05) is 30.1 Å². The zero-order valence-corrected chi connectivity index (χ0v) is 18.0. The predicted octanol–water partition coefficient (Wildman–Crippen LogP) is 5.97. The smallest absolute Gasteiger partial charge is 0.222 e. The van der Waals surface area contributed by atoms with Crippen LogP contribution in [0.3, 0.4) is 0 Å². The number of methoxy groups -OCH3 is 2. The molecular formula is C21H22Cl2N2O3. The molecule has 0 atom stereocenters. The first-order valence-electron chi connectivity index (χ1n) is 8.96. The Morgan fingerprint density at radius 2 is 1.64 bits per heavy atom. The molecule has 0 spiro atoms. The fourth-order valence-electron chi connectivity index (χ4n) is 2.90. The van der Waals surface area contributed by atoms with Crippen LogP contribution in [0.4, 0.5) is 0 Å². The number of ether oxygens (including phenoxy) is 3. The number of rotatable bonds is 6. The number of hydrogen-bond acceptors (Lipinski definition) is 5. The predicted molar refractivity (Wildman–Crippen MR) is 113 cm³/mol. The van der Waals surface area contributed by atoms with Gasteiger partial charge in [-0.15, -0.1) is 0 Å². The van der Waals surface area contributed by atoms with Crippen molar-refractivity contribution in [1.82, 2.24) is 9.97 Å². The van der Waals surface area contributed by atoms with Crippen molar-refractivity contribution in [3.05, 3.63) is 40.1 Å². The fraction of sp³-hybridized carbons (Fsp3) is 0.333. The first-order valence-corrected chi connectivity index (χ1v) is 9.71. The van der Waals surface area contributed by atoms with Gasteiger partial charge in [0.05, 0.1) is 36.1 Å². The lowest BCUT2D eigenvalue weighted by Gasteiger charge is -2.17. The summed E-state index contributed by atoms with van der Waals surface area (Å²) in [6, 6.07) is 5.54. The summed E-state index contributed by atoms with van der Waals surface area (Å²) in [5.74, 6) is 1.41. The van der Waals surface area contributed by atoms with E-state index in [1.54, 1.807) is 6.07 Å². The third-order valence-corrected chi connectivity index (χ3v) is 5.03. The highest BCUT2D eigenvalue weighted by Gasteiger charge is 2.21. The van der Waals surface area contributed by atoms with Gasteiger partial charge < -0.3 is 14.2 Å². The minimum absolute atomic E-state index is 0.0463. The van der Waals surface area contributed by atoms with Crippen molar-refractivity contribution >= 4 is 34.0 Å². The normalized spacial score (nSPS) is 11.1. The minimum Gasteiger partial charge on any atom is -0.495 e. The number of pyridine rings is 2. The van der Waals surface area contributed by atoms with Gasteiger partial charge in [0.1, 0.15) is 11.5 Å². The number of halogens is 2. The van der Waals surface area contributed by atoms with Crippen LogP contribution in [0, 0.1) is 0 Å². The molecular weight excluding hydrogens is 399 g/mol. The zero-order valence-electron chi connectivity index (χ0n) is 16.5. The molecule has 0 aliphatic carbocycles. The van der Waals surface area contributed by atoms with Crippen LogP contribution in [-0.4, -0.2) is 30.3 Å². The molecule has 3 rings (SSSR count). The fourth-order valence-corrected chi connectivity index (χ4v) is 3.60. The Morgan fingerprint density at radius 3 is 2.18 bits per heavy atom. The standard InChI is InChI=1S/C21H22Cl2N2O3/c1-6-13-8-14-12(10-24-13)7-15(25-21(14)28-11(2)3)18-19(22)16(26-4)9-17(27-5)20(18)23/h7-11H,6H2,1-5H3. The summed E-state index contributed by atoms with van der Waals surface area (Å²) >= 11 is 13.1. The second-order valence-corrected chi connectivity index (χ2v) is 7.27. The van der Waals surface area contributed by atoms with Crippen molar-refractivity contribution in [3.8, 4) is 28.6 Å². The van der Waals surface area contributed by atoms with Crippen molar-refractivity contribution in [3.63, 3.8) is 0 Å². The van der Waals surface area contributed by atoms with E-state index < -0.39 is 0 Å². The van der Waals surface area contributed by atoms with E-state index in [4.69, 9.17) is 42.4 Å². The molecule has 2 aromatic heterocycles. The molecule has 2 heterocycles. The second kappa shape index (κ2) is 8.41. The maximum atomic E-state index is 6.57. The topological polar surface area (TPSA) is 53.5 Å². The van der Waals surface area contributed by atoms with E-state index in [1.807, 2.05) is 32.2 Å². The molecule has 0 saturated carbocycles. The van der Waals surface area contributed by atoms with E-state index in [1.165, 1.54) is 14.2 Å². The molecule has 0 unspecified atom stereocenters. The number of benzene rings is 1. The SMILES string of the molecule is CCc1cc2c(OC(C)C)nc(-c3c(Cl)c(OC)cc(OC)c3Cl)cc2cn1. The third-order valence-electron chi connectivity index (χ3n) is 4.28. The number of aromatic nitrogens is 2. The van der Waals surface area contributed by atoms with Gasteiger partial charge >= 0.3 is 0 Å². The molecule has 0 bridgehead atoms. The van der Waals surface area contributed by atoms with Crippen molar-refractivity contribution in [2.75, 3.05) is 14.2 Å². The second-order valence-electron chi connectivity index (χ2n) is 6.51. The quantitative estimate of drug-likeness (QED) is 0.491. The Balaban J connectivity index is 2.32. The van der Waals surface area contributed by atoms with Crippen LogP contribution in [0.25, 0.3) is 22.0 Å². The highest BCUT2D eigenvalue weighted by molar-refractivity contribution is 6.41. The first-order chi connectivity index (χ1) is 13.4. The van der Waals surface area contributed by atoms with Crippen LogP contribution in [0.2, 0.25) is 10.0 Å². The van der Waals surface area contributed by atoms with Crippen LogP contribution < -0.4 is 14.2 Å². The van der Waals surface area contributed by atoms with Crippen LogP contribution in [0.1, 0.15) is 26.5 Å². The molecule has 0 saturated heterocycles. The van der Waals surface area contributed by atoms with Crippen LogP contribution in [-0.2, 0) is 6.42 Å². The average molecular weight is 421 g/mol. The lowest BCUT2D eigenvalue weighted by Crippen LogP contribution is -2.08. The van der Waals surface area contributed by atoms with E-state index >= 15 is 0 Å². The Bertz CT molecular complexity index is 994. The zero-order chi connectivity index (χ0) is 20.4. The van der Waals surface area contributed by atoms with Gasteiger partial charge in [0.25, 0.3) is 0 Å². The third kappa shape index (κ3) is 3.82. The van der Waals surface area contributed by atoms with Gasteiger partial charge in [0.15, 0.2) is 0 Å². The van der Waals surface area contributed by atoms with Crippen LogP contribution in [0.5, 0.6) is 17.4 Å². The van der Waals surface area contributed by atoms with Gasteiger partial charge in [-0.2, -0.15) is 0 Å². The van der Waals surface area contributed by atoms with Crippen molar-refractivity contribution in [1.29, 1.82) is 0 Å². The van der Waals surface area contributed by atoms with E-state index in [0.29, 0.717) is 38.7 Å². The number of nitrogens with zero attached hydrogens (tertiary/aromatic N) is 2. The molecule has 5 nitrogen and oxygen atoms in total. The molecule has 0 aliphatic heterocycles. The Hall–Kier alpha value is -2.24. The Morgan fingerprint density at radius 1 is 1.00 bits per heavy atom. The van der Waals surface area contributed by atoms with Gasteiger partial charge in [0, 0.05) is 34.3 Å². The number of hydrogen-bond donors (Lipinski definition) is 0. The Labute approximate surface area is 174 Å². The molecule has 7 heteroatoms. The summed E-state index contributed by atoms with van der Waals surface area (Å²) in [4.78, 5) is 9.22. The van der Waals surface area contributed by atoms with Gasteiger partial charge in [-0.05, 0) is 32.4 Å². The summed E-state index contributed by atoms with van der Waals surface area (Å²) in [5, 5.41) is 2.49. The minimum atomic E-state index is -0.0463. The van der Waals surface area contributed by atoms with Gasteiger partial charge in [-0.3, -0.25) is 4.98 Å². The highest BCUT2D eigenvalue weighted by atomic mass is 35.5. The van der Waals surface area contributed by atoms with E-state index in [0.717, 1.165) is 22.9 Å². The maximum Gasteiger partial charge on any atom is 0.222 e. The molecule has 28 heavy (non-hydrogen) atoms. The molecule has 3 aromatic rings. The first kappa shape index (κ1) is 20.5. The molecule has 0 fully saturated rings. The number of fused-ring (bicyclic) bond motifs is 1. The lowest BCUT2D eigenvalue weighted by atomic mass is 10.1. The lowest BCUT2D eigenvalue weighted by molar-refractivity contribution is 0.236. The molecule has 148 valence electrons. The molecule has 0 aliphatic rings. The highest BCUT2D eigenvalue weighted by Crippen LogP contribution is 2.46. The van der Waals surface area contributed by atoms with Crippen LogP contribution >= 0.6 is 23.2 Å². The van der Waals surface area contributed by atoms with Crippen LogP contribution in [0.15, 0.2) is 24.4 Å². The summed E-state index contributed by atoms with van der Waals surface area (Å²) in [5.41, 5.74) is 2.05. The van der Waals surface area contributed by atoms with Crippen molar-refractivity contribution < 1.29 is 14.2 Å². The van der Waals surface area contributed by atoms with E-state index in [2.05, 4.69) is 11.9 Å². The van der Waals surface area contributed by atoms with E-state index in [9.17, 15) is 0 Å². The Kier molecular flexibility index (Phi) is 6.16. The monoisotopic (exact) mass is 420 g/mol. The van der Waals surface area contributed by atoms with Crippen molar-refractivity contribution in [2.45, 2.75) is 33.3 Å². The molecule has 0 amide bonds. The largest absolute Gasteiger partial charge is 0.495 e. The molecule has 0 radical (unpaired) electrons. The average Bonchev–Trinajstić information content (AvgIpc) is 2.67. The number of aryl methyl sites for hydroxylation is 1. The molecule has 0 N–H and O–H groups in total. The maximum absolute atomic E-state index is 6.57. The van der Waals surface area contributed by atoms with Gasteiger partial charge in [0.2, 0.25) is 5.88 Å². The summed E-state index contributed by atoms with van der Waals surface area (Å²) < 4.78 is 16.7.